The van der Waals surface area contributed by atoms with Crippen molar-refractivity contribution in [3.63, 3.8) is 0 Å². The molecule has 0 aromatic heterocycles. The molecule has 1 rings (SSSR count). The van der Waals surface area contributed by atoms with Crippen LogP contribution in [0.4, 0.5) is 0 Å². The summed E-state index contributed by atoms with van der Waals surface area (Å²) in [6, 6.07) is 0. The Morgan fingerprint density at radius 1 is 1.00 bits per heavy atom. The fourth-order valence-electron chi connectivity index (χ4n) is 2.67. The summed E-state index contributed by atoms with van der Waals surface area (Å²) >= 11 is 0. The summed E-state index contributed by atoms with van der Waals surface area (Å²) in [5.41, 5.74) is 0.481. The van der Waals surface area contributed by atoms with E-state index in [0.29, 0.717) is 11.5 Å². The highest BCUT2D eigenvalue weighted by atomic mass is 16.5. The van der Waals surface area contributed by atoms with E-state index in [1.165, 1.54) is 32.1 Å². The van der Waals surface area contributed by atoms with Crippen LogP contribution in [-0.2, 0) is 9.47 Å². The first kappa shape index (κ1) is 14.0. The van der Waals surface area contributed by atoms with Gasteiger partial charge < -0.3 is 9.47 Å². The predicted octanol–water partition coefficient (Wildman–Crippen LogP) is 3.64. The molecule has 0 aromatic rings. The molecule has 2 nitrogen and oxygen atoms in total. The Balaban J connectivity index is 2.13. The summed E-state index contributed by atoms with van der Waals surface area (Å²) in [4.78, 5) is 0. The van der Waals surface area contributed by atoms with Crippen molar-refractivity contribution in [2.24, 2.45) is 11.3 Å². The first-order chi connectivity index (χ1) is 7.51. The molecular formula is C14H28O2. The third-order valence-electron chi connectivity index (χ3n) is 3.34. The standard InChI is InChI=1S/C14H28O2/c1-14(2,3)11-12-5-7-13(8-6-12)16-10-9-15-4/h12-13H,5-11H2,1-4H3. The maximum Gasteiger partial charge on any atom is 0.0704 e. The molecule has 0 radical (unpaired) electrons. The molecule has 0 N–H and O–H groups in total. The summed E-state index contributed by atoms with van der Waals surface area (Å²) in [6.45, 7) is 8.50. The van der Waals surface area contributed by atoms with Crippen LogP contribution >= 0.6 is 0 Å². The van der Waals surface area contributed by atoms with Gasteiger partial charge in [0, 0.05) is 7.11 Å². The minimum absolute atomic E-state index is 0.481. The molecule has 1 aliphatic carbocycles. The van der Waals surface area contributed by atoms with Crippen LogP contribution in [0.15, 0.2) is 0 Å². The molecule has 1 saturated carbocycles. The van der Waals surface area contributed by atoms with Gasteiger partial charge in [0.1, 0.15) is 0 Å². The molecule has 0 amide bonds. The fraction of sp³-hybridized carbons (Fsp3) is 1.00. The second kappa shape index (κ2) is 6.61. The molecule has 96 valence electrons. The van der Waals surface area contributed by atoms with Gasteiger partial charge in [-0.25, -0.2) is 0 Å². The predicted molar refractivity (Wildman–Crippen MR) is 67.6 cm³/mol. The maximum absolute atomic E-state index is 5.78. The first-order valence-electron chi connectivity index (χ1n) is 6.62. The van der Waals surface area contributed by atoms with E-state index < -0.39 is 0 Å². The molecule has 0 aliphatic heterocycles. The Morgan fingerprint density at radius 2 is 1.62 bits per heavy atom. The van der Waals surface area contributed by atoms with E-state index in [1.807, 2.05) is 0 Å². The van der Waals surface area contributed by atoms with Gasteiger partial charge in [-0.05, 0) is 43.4 Å². The largest absolute Gasteiger partial charge is 0.382 e. The normalized spacial score (nSPS) is 27.0. The molecule has 16 heavy (non-hydrogen) atoms. The highest BCUT2D eigenvalue weighted by Crippen LogP contribution is 2.34. The highest BCUT2D eigenvalue weighted by Gasteiger charge is 2.25. The van der Waals surface area contributed by atoms with Gasteiger partial charge in [-0.2, -0.15) is 0 Å². The van der Waals surface area contributed by atoms with Crippen LogP contribution in [0, 0.1) is 11.3 Å². The zero-order chi connectivity index (χ0) is 12.0. The van der Waals surface area contributed by atoms with E-state index in [0.717, 1.165) is 19.1 Å². The van der Waals surface area contributed by atoms with Crippen molar-refractivity contribution >= 4 is 0 Å². The molecule has 1 fully saturated rings. The van der Waals surface area contributed by atoms with Crippen LogP contribution < -0.4 is 0 Å². The zero-order valence-corrected chi connectivity index (χ0v) is 11.4. The van der Waals surface area contributed by atoms with Gasteiger partial charge in [-0.1, -0.05) is 20.8 Å². The average Bonchev–Trinajstić information content (AvgIpc) is 2.19. The van der Waals surface area contributed by atoms with Gasteiger partial charge in [0.2, 0.25) is 0 Å². The molecular weight excluding hydrogens is 200 g/mol. The van der Waals surface area contributed by atoms with Crippen molar-refractivity contribution in [2.75, 3.05) is 20.3 Å². The van der Waals surface area contributed by atoms with Gasteiger partial charge in [-0.3, -0.25) is 0 Å². The van der Waals surface area contributed by atoms with Crippen LogP contribution in [0.2, 0.25) is 0 Å². The highest BCUT2D eigenvalue weighted by molar-refractivity contribution is 4.76. The Kier molecular flexibility index (Phi) is 5.77. The van der Waals surface area contributed by atoms with Crippen LogP contribution in [0.1, 0.15) is 52.9 Å². The molecule has 0 spiro atoms. The topological polar surface area (TPSA) is 18.5 Å². The van der Waals surface area contributed by atoms with Gasteiger partial charge >= 0.3 is 0 Å². The molecule has 2 heteroatoms. The van der Waals surface area contributed by atoms with Crippen LogP contribution in [0.25, 0.3) is 0 Å². The number of hydrogen-bond donors (Lipinski definition) is 0. The lowest BCUT2D eigenvalue weighted by molar-refractivity contribution is -0.0103. The van der Waals surface area contributed by atoms with Gasteiger partial charge in [0.15, 0.2) is 0 Å². The summed E-state index contributed by atoms with van der Waals surface area (Å²) in [5, 5.41) is 0. The molecule has 0 heterocycles. The van der Waals surface area contributed by atoms with E-state index in [4.69, 9.17) is 9.47 Å². The molecule has 1 aliphatic rings. The average molecular weight is 228 g/mol. The SMILES string of the molecule is COCCOC1CCC(CC(C)(C)C)CC1. The molecule has 0 atom stereocenters. The van der Waals surface area contributed by atoms with Crippen molar-refractivity contribution in [3.8, 4) is 0 Å². The van der Waals surface area contributed by atoms with E-state index in [1.54, 1.807) is 7.11 Å². The third-order valence-corrected chi connectivity index (χ3v) is 3.34. The van der Waals surface area contributed by atoms with Crippen molar-refractivity contribution in [1.82, 2.24) is 0 Å². The monoisotopic (exact) mass is 228 g/mol. The van der Waals surface area contributed by atoms with Crippen LogP contribution in [0.3, 0.4) is 0 Å². The summed E-state index contributed by atoms with van der Waals surface area (Å²) in [5.74, 6) is 0.919. The lowest BCUT2D eigenvalue weighted by atomic mass is 9.77. The van der Waals surface area contributed by atoms with Crippen LogP contribution in [0.5, 0.6) is 0 Å². The summed E-state index contributed by atoms with van der Waals surface area (Å²) in [7, 11) is 1.73. The van der Waals surface area contributed by atoms with Crippen molar-refractivity contribution in [1.29, 1.82) is 0 Å². The van der Waals surface area contributed by atoms with Crippen molar-refractivity contribution < 1.29 is 9.47 Å². The quantitative estimate of drug-likeness (QED) is 0.669. The number of hydrogen-bond acceptors (Lipinski definition) is 2. The van der Waals surface area contributed by atoms with E-state index >= 15 is 0 Å². The summed E-state index contributed by atoms with van der Waals surface area (Å²) < 4.78 is 10.8. The minimum atomic E-state index is 0.481. The van der Waals surface area contributed by atoms with Crippen molar-refractivity contribution in [3.05, 3.63) is 0 Å². The summed E-state index contributed by atoms with van der Waals surface area (Å²) in [6.07, 6.45) is 7.02. The zero-order valence-electron chi connectivity index (χ0n) is 11.4. The molecule has 0 bridgehead atoms. The van der Waals surface area contributed by atoms with E-state index in [9.17, 15) is 0 Å². The second-order valence-electron chi connectivity index (χ2n) is 6.27. The first-order valence-corrected chi connectivity index (χ1v) is 6.62. The van der Waals surface area contributed by atoms with E-state index in [2.05, 4.69) is 20.8 Å². The molecule has 0 aromatic carbocycles. The number of rotatable bonds is 5. The Morgan fingerprint density at radius 3 is 2.12 bits per heavy atom. The second-order valence-corrected chi connectivity index (χ2v) is 6.27. The van der Waals surface area contributed by atoms with Crippen molar-refractivity contribution in [2.45, 2.75) is 59.0 Å². The Labute approximate surface area is 101 Å². The molecule has 0 unspecified atom stereocenters. The maximum atomic E-state index is 5.78. The lowest BCUT2D eigenvalue weighted by Crippen LogP contribution is -2.25. The van der Waals surface area contributed by atoms with Gasteiger partial charge in [-0.15, -0.1) is 0 Å². The lowest BCUT2D eigenvalue weighted by Gasteiger charge is -2.32. The third kappa shape index (κ3) is 5.86. The Bertz CT molecular complexity index is 176. The number of ether oxygens (including phenoxy) is 2. The van der Waals surface area contributed by atoms with Gasteiger partial charge in [0.05, 0.1) is 19.3 Å². The fourth-order valence-corrected chi connectivity index (χ4v) is 2.67. The van der Waals surface area contributed by atoms with Gasteiger partial charge in [0.25, 0.3) is 0 Å². The molecule has 0 saturated heterocycles. The number of methoxy groups -OCH3 is 1. The van der Waals surface area contributed by atoms with E-state index in [-0.39, 0.29) is 0 Å². The van der Waals surface area contributed by atoms with Crippen LogP contribution in [-0.4, -0.2) is 26.4 Å². The Hall–Kier alpha value is -0.0800. The minimum Gasteiger partial charge on any atom is -0.382 e. The smallest absolute Gasteiger partial charge is 0.0704 e.